The van der Waals surface area contributed by atoms with Crippen LogP contribution in [0.15, 0.2) is 23.8 Å². The Morgan fingerprint density at radius 1 is 1.19 bits per heavy atom. The summed E-state index contributed by atoms with van der Waals surface area (Å²) in [4.78, 5) is 0. The van der Waals surface area contributed by atoms with Gasteiger partial charge in [-0.2, -0.15) is 0 Å². The first kappa shape index (κ1) is 12.0. The van der Waals surface area contributed by atoms with Crippen LogP contribution in [0.2, 0.25) is 0 Å². The molecule has 0 saturated carbocycles. The van der Waals surface area contributed by atoms with Gasteiger partial charge in [-0.05, 0) is 42.9 Å². The molecule has 0 aliphatic heterocycles. The van der Waals surface area contributed by atoms with E-state index in [1.54, 1.807) is 5.57 Å². The van der Waals surface area contributed by atoms with Gasteiger partial charge in [0.25, 0.3) is 0 Å². The van der Waals surface area contributed by atoms with Crippen molar-refractivity contribution < 1.29 is 0 Å². The molecule has 1 atom stereocenters. The Morgan fingerprint density at radius 2 is 1.88 bits per heavy atom. The standard InChI is InChI=1S/C16H26/c1-12(2)16(13(3)4)11-7-10-15(16)14-8-5-6-9-14/h7-8,10,12-13,15H,5-6,9,11H2,1-4H3. The van der Waals surface area contributed by atoms with Gasteiger partial charge in [0.05, 0.1) is 0 Å². The van der Waals surface area contributed by atoms with E-state index in [9.17, 15) is 0 Å². The van der Waals surface area contributed by atoms with Crippen LogP contribution in [0.1, 0.15) is 53.4 Å². The summed E-state index contributed by atoms with van der Waals surface area (Å²) in [5.41, 5.74) is 2.23. The van der Waals surface area contributed by atoms with Crippen LogP contribution in [0, 0.1) is 23.2 Å². The zero-order valence-electron chi connectivity index (χ0n) is 11.3. The van der Waals surface area contributed by atoms with Crippen LogP contribution in [0.3, 0.4) is 0 Å². The molecule has 2 aliphatic carbocycles. The fourth-order valence-corrected chi connectivity index (χ4v) is 4.02. The SMILES string of the molecule is CC(C)C1(C(C)C)CC=CC1C1=CCCC1. The van der Waals surface area contributed by atoms with Gasteiger partial charge < -0.3 is 0 Å². The second-order valence-electron chi connectivity index (χ2n) is 6.20. The highest BCUT2D eigenvalue weighted by atomic mass is 14.5. The normalized spacial score (nSPS) is 28.1. The number of hydrogen-bond donors (Lipinski definition) is 0. The Hall–Kier alpha value is -0.520. The Bertz CT molecular complexity index is 296. The summed E-state index contributed by atoms with van der Waals surface area (Å²) in [6, 6.07) is 0. The Labute approximate surface area is 101 Å². The van der Waals surface area contributed by atoms with Crippen molar-refractivity contribution in [2.24, 2.45) is 23.2 Å². The van der Waals surface area contributed by atoms with Gasteiger partial charge in [-0.15, -0.1) is 0 Å². The molecule has 0 aromatic heterocycles. The van der Waals surface area contributed by atoms with Gasteiger partial charge >= 0.3 is 0 Å². The van der Waals surface area contributed by atoms with Gasteiger partial charge in [0.15, 0.2) is 0 Å². The average molecular weight is 218 g/mol. The average Bonchev–Trinajstić information content (AvgIpc) is 2.86. The summed E-state index contributed by atoms with van der Waals surface area (Å²) in [7, 11) is 0. The van der Waals surface area contributed by atoms with Gasteiger partial charge in [0, 0.05) is 5.92 Å². The maximum absolute atomic E-state index is 2.51. The second-order valence-corrected chi connectivity index (χ2v) is 6.20. The molecule has 0 fully saturated rings. The molecule has 0 amide bonds. The first-order valence-electron chi connectivity index (χ1n) is 6.94. The summed E-state index contributed by atoms with van der Waals surface area (Å²) in [6.07, 6.45) is 12.8. The zero-order chi connectivity index (χ0) is 11.8. The molecule has 16 heavy (non-hydrogen) atoms. The maximum Gasteiger partial charge on any atom is 0.00411 e. The van der Waals surface area contributed by atoms with E-state index in [1.165, 1.54) is 25.7 Å². The van der Waals surface area contributed by atoms with E-state index in [0.717, 1.165) is 17.8 Å². The highest BCUT2D eigenvalue weighted by Crippen LogP contribution is 2.54. The van der Waals surface area contributed by atoms with E-state index in [0.29, 0.717) is 5.41 Å². The summed E-state index contributed by atoms with van der Waals surface area (Å²) >= 11 is 0. The molecular formula is C16H26. The largest absolute Gasteiger partial charge is 0.0873 e. The van der Waals surface area contributed by atoms with E-state index >= 15 is 0 Å². The highest BCUT2D eigenvalue weighted by Gasteiger charge is 2.46. The third-order valence-corrected chi connectivity index (χ3v) is 5.00. The molecule has 1 unspecified atom stereocenters. The topological polar surface area (TPSA) is 0 Å². The smallest absolute Gasteiger partial charge is 0.00411 e. The molecule has 0 heterocycles. The van der Waals surface area contributed by atoms with Gasteiger partial charge in [-0.3, -0.25) is 0 Å². The molecule has 90 valence electrons. The molecule has 2 rings (SSSR count). The van der Waals surface area contributed by atoms with E-state index in [-0.39, 0.29) is 0 Å². The lowest BCUT2D eigenvalue weighted by atomic mass is 9.60. The van der Waals surface area contributed by atoms with E-state index in [4.69, 9.17) is 0 Å². The van der Waals surface area contributed by atoms with Crippen LogP contribution in [0.25, 0.3) is 0 Å². The molecule has 0 heteroatoms. The molecule has 0 saturated heterocycles. The van der Waals surface area contributed by atoms with Crippen LogP contribution >= 0.6 is 0 Å². The van der Waals surface area contributed by atoms with Crippen LogP contribution < -0.4 is 0 Å². The second kappa shape index (κ2) is 4.39. The quantitative estimate of drug-likeness (QED) is 0.587. The summed E-state index contributed by atoms with van der Waals surface area (Å²) < 4.78 is 0. The zero-order valence-corrected chi connectivity index (χ0v) is 11.3. The lowest BCUT2D eigenvalue weighted by molar-refractivity contribution is 0.0864. The fourth-order valence-electron chi connectivity index (χ4n) is 4.02. The van der Waals surface area contributed by atoms with Crippen molar-refractivity contribution in [2.45, 2.75) is 53.4 Å². The predicted molar refractivity (Wildman–Crippen MR) is 71.3 cm³/mol. The minimum atomic E-state index is 0.496. The van der Waals surface area contributed by atoms with Gasteiger partial charge in [0.2, 0.25) is 0 Å². The Balaban J connectivity index is 2.31. The fraction of sp³-hybridized carbons (Fsp3) is 0.750. The van der Waals surface area contributed by atoms with E-state index < -0.39 is 0 Å². The van der Waals surface area contributed by atoms with Crippen LogP contribution in [0.5, 0.6) is 0 Å². The van der Waals surface area contributed by atoms with Gasteiger partial charge in [-0.25, -0.2) is 0 Å². The van der Waals surface area contributed by atoms with Crippen molar-refractivity contribution in [3.8, 4) is 0 Å². The molecular weight excluding hydrogens is 192 g/mol. The lowest BCUT2D eigenvalue weighted by Crippen LogP contribution is -2.37. The van der Waals surface area contributed by atoms with Crippen molar-refractivity contribution >= 4 is 0 Å². The van der Waals surface area contributed by atoms with Crippen molar-refractivity contribution in [1.29, 1.82) is 0 Å². The molecule has 2 aliphatic rings. The Kier molecular flexibility index (Phi) is 3.28. The van der Waals surface area contributed by atoms with Crippen molar-refractivity contribution in [3.63, 3.8) is 0 Å². The lowest BCUT2D eigenvalue weighted by Gasteiger charge is -2.44. The minimum Gasteiger partial charge on any atom is -0.0873 e. The number of hydrogen-bond acceptors (Lipinski definition) is 0. The van der Waals surface area contributed by atoms with E-state index in [1.807, 2.05) is 0 Å². The first-order valence-corrected chi connectivity index (χ1v) is 6.94. The number of allylic oxidation sites excluding steroid dienone is 4. The maximum atomic E-state index is 2.51. The third-order valence-electron chi connectivity index (χ3n) is 5.00. The molecule has 0 spiro atoms. The third kappa shape index (κ3) is 1.67. The monoisotopic (exact) mass is 218 g/mol. The molecule has 0 aromatic carbocycles. The molecule has 0 radical (unpaired) electrons. The molecule has 0 N–H and O–H groups in total. The summed E-state index contributed by atoms with van der Waals surface area (Å²) in [5.74, 6) is 2.28. The van der Waals surface area contributed by atoms with Crippen LogP contribution in [-0.4, -0.2) is 0 Å². The molecule has 0 bridgehead atoms. The summed E-state index contributed by atoms with van der Waals surface area (Å²) in [5, 5.41) is 0. The Morgan fingerprint density at radius 3 is 2.38 bits per heavy atom. The van der Waals surface area contributed by atoms with Gasteiger partial charge in [0.1, 0.15) is 0 Å². The minimum absolute atomic E-state index is 0.496. The van der Waals surface area contributed by atoms with E-state index in [2.05, 4.69) is 45.9 Å². The van der Waals surface area contributed by atoms with Gasteiger partial charge in [-0.1, -0.05) is 51.5 Å². The van der Waals surface area contributed by atoms with Crippen LogP contribution in [-0.2, 0) is 0 Å². The molecule has 0 nitrogen and oxygen atoms in total. The summed E-state index contributed by atoms with van der Waals surface area (Å²) in [6.45, 7) is 9.65. The van der Waals surface area contributed by atoms with Crippen molar-refractivity contribution in [1.82, 2.24) is 0 Å². The molecule has 0 aromatic rings. The van der Waals surface area contributed by atoms with Crippen molar-refractivity contribution in [2.75, 3.05) is 0 Å². The van der Waals surface area contributed by atoms with Crippen LogP contribution in [0.4, 0.5) is 0 Å². The first-order chi connectivity index (χ1) is 7.59. The van der Waals surface area contributed by atoms with Crippen molar-refractivity contribution in [3.05, 3.63) is 23.8 Å². The predicted octanol–water partition coefficient (Wildman–Crippen LogP) is 4.97. The highest BCUT2D eigenvalue weighted by molar-refractivity contribution is 5.26. The number of rotatable bonds is 3.